The molecule has 1 saturated heterocycles. The van der Waals surface area contributed by atoms with E-state index in [1.807, 2.05) is 60.2 Å². The summed E-state index contributed by atoms with van der Waals surface area (Å²) in [5.74, 6) is 1.05. The van der Waals surface area contributed by atoms with Gasteiger partial charge in [-0.15, -0.1) is 0 Å². The molecule has 2 aromatic carbocycles. The highest BCUT2D eigenvalue weighted by molar-refractivity contribution is 6.09. The van der Waals surface area contributed by atoms with Gasteiger partial charge in [0.1, 0.15) is 5.75 Å². The van der Waals surface area contributed by atoms with Crippen LogP contribution in [0.25, 0.3) is 10.9 Å². The lowest BCUT2D eigenvalue weighted by molar-refractivity contribution is 0.0927. The number of nitrogens with zero attached hydrogens (tertiary/aromatic N) is 4. The second-order valence-electron chi connectivity index (χ2n) is 7.75. The molecule has 6 heteroatoms. The Morgan fingerprint density at radius 2 is 1.81 bits per heavy atom. The molecule has 0 spiro atoms. The van der Waals surface area contributed by atoms with Gasteiger partial charge in [-0.05, 0) is 25.1 Å². The molecule has 0 N–H and O–H groups in total. The van der Waals surface area contributed by atoms with Crippen LogP contribution in [-0.4, -0.2) is 54.6 Å². The number of ether oxygens (including phenoxy) is 1. The molecule has 0 amide bonds. The number of Topliss-reactive ketones (excluding diaryl/α,β-unsaturated/α-hetero) is 1. The highest BCUT2D eigenvalue weighted by Gasteiger charge is 2.23. The van der Waals surface area contributed by atoms with E-state index in [4.69, 9.17) is 10.00 Å². The van der Waals surface area contributed by atoms with Gasteiger partial charge in [0.05, 0.1) is 31.3 Å². The average Bonchev–Trinajstić information content (AvgIpc) is 3.18. The molecule has 0 saturated carbocycles. The van der Waals surface area contributed by atoms with E-state index in [1.54, 1.807) is 0 Å². The normalized spacial score (nSPS) is 14.5. The number of ketones is 1. The fourth-order valence-electron chi connectivity index (χ4n) is 4.26. The van der Waals surface area contributed by atoms with Crippen molar-refractivity contribution in [1.29, 1.82) is 5.26 Å². The van der Waals surface area contributed by atoms with Crippen molar-refractivity contribution >= 4 is 22.4 Å². The number of rotatable bonds is 8. The quantitative estimate of drug-likeness (QED) is 0.520. The maximum Gasteiger partial charge on any atom is 0.178 e. The predicted molar refractivity (Wildman–Crippen MR) is 123 cm³/mol. The van der Waals surface area contributed by atoms with Crippen LogP contribution in [0.4, 0.5) is 5.69 Å². The Morgan fingerprint density at radius 1 is 1.06 bits per heavy atom. The van der Waals surface area contributed by atoms with E-state index in [0.29, 0.717) is 26.1 Å². The molecule has 0 bridgehead atoms. The van der Waals surface area contributed by atoms with Gasteiger partial charge in [-0.25, -0.2) is 0 Å². The molecule has 0 aliphatic carbocycles. The van der Waals surface area contributed by atoms with Crippen molar-refractivity contribution in [2.24, 2.45) is 0 Å². The zero-order valence-electron chi connectivity index (χ0n) is 18.0. The second kappa shape index (κ2) is 9.67. The molecule has 31 heavy (non-hydrogen) atoms. The Bertz CT molecular complexity index is 1090. The minimum absolute atomic E-state index is 0.134. The summed E-state index contributed by atoms with van der Waals surface area (Å²) in [6, 6.07) is 18.3. The number of aryl methyl sites for hydroxylation is 1. The SMILES string of the molecule is CCOc1ccccc1N1CCN(CC(=O)c2cn(CCC#N)c3ccccc23)CC1. The summed E-state index contributed by atoms with van der Waals surface area (Å²) < 4.78 is 7.80. The topological polar surface area (TPSA) is 61.5 Å². The molecule has 6 nitrogen and oxygen atoms in total. The van der Waals surface area contributed by atoms with Crippen molar-refractivity contribution in [2.75, 3.05) is 44.2 Å². The van der Waals surface area contributed by atoms with Gasteiger partial charge in [-0.1, -0.05) is 30.3 Å². The summed E-state index contributed by atoms with van der Waals surface area (Å²) in [4.78, 5) is 17.7. The first-order valence-corrected chi connectivity index (χ1v) is 10.9. The summed E-state index contributed by atoms with van der Waals surface area (Å²) >= 11 is 0. The Morgan fingerprint density at radius 3 is 2.58 bits per heavy atom. The number of nitriles is 1. The largest absolute Gasteiger partial charge is 0.492 e. The molecule has 0 radical (unpaired) electrons. The second-order valence-corrected chi connectivity index (χ2v) is 7.75. The van der Waals surface area contributed by atoms with Gasteiger partial charge in [0.15, 0.2) is 5.78 Å². The number of piperazine rings is 1. The van der Waals surface area contributed by atoms with Crippen molar-refractivity contribution in [3.8, 4) is 11.8 Å². The van der Waals surface area contributed by atoms with E-state index in [-0.39, 0.29) is 5.78 Å². The molecule has 1 aromatic heterocycles. The van der Waals surface area contributed by atoms with Crippen LogP contribution in [0.2, 0.25) is 0 Å². The van der Waals surface area contributed by atoms with Crippen molar-refractivity contribution in [2.45, 2.75) is 19.9 Å². The summed E-state index contributed by atoms with van der Waals surface area (Å²) in [6.07, 6.45) is 2.34. The van der Waals surface area contributed by atoms with E-state index in [1.165, 1.54) is 0 Å². The number of benzene rings is 2. The molecular weight excluding hydrogens is 388 g/mol. The number of fused-ring (bicyclic) bond motifs is 1. The smallest absolute Gasteiger partial charge is 0.178 e. The molecule has 4 rings (SSSR count). The minimum atomic E-state index is 0.134. The van der Waals surface area contributed by atoms with E-state index in [9.17, 15) is 4.79 Å². The first-order chi connectivity index (χ1) is 15.2. The number of hydrogen-bond acceptors (Lipinski definition) is 5. The van der Waals surface area contributed by atoms with E-state index >= 15 is 0 Å². The zero-order valence-corrected chi connectivity index (χ0v) is 18.0. The van der Waals surface area contributed by atoms with Crippen LogP contribution in [0.1, 0.15) is 23.7 Å². The number of carbonyl (C=O) groups is 1. The van der Waals surface area contributed by atoms with Crippen molar-refractivity contribution in [1.82, 2.24) is 9.47 Å². The molecule has 0 unspecified atom stereocenters. The van der Waals surface area contributed by atoms with Gasteiger partial charge in [0.2, 0.25) is 0 Å². The van der Waals surface area contributed by atoms with Crippen molar-refractivity contribution < 1.29 is 9.53 Å². The van der Waals surface area contributed by atoms with Gasteiger partial charge >= 0.3 is 0 Å². The number of para-hydroxylation sites is 3. The summed E-state index contributed by atoms with van der Waals surface area (Å²) in [5, 5.41) is 9.90. The number of hydrogen-bond donors (Lipinski definition) is 0. The van der Waals surface area contributed by atoms with Crippen LogP contribution < -0.4 is 9.64 Å². The van der Waals surface area contributed by atoms with E-state index in [0.717, 1.165) is 54.1 Å². The van der Waals surface area contributed by atoms with Crippen LogP contribution in [0.3, 0.4) is 0 Å². The molecule has 1 fully saturated rings. The summed E-state index contributed by atoms with van der Waals surface area (Å²) in [6.45, 7) is 7.04. The molecule has 1 aliphatic heterocycles. The fourth-order valence-corrected chi connectivity index (χ4v) is 4.26. The Labute approximate surface area is 183 Å². The Balaban J connectivity index is 1.43. The van der Waals surface area contributed by atoms with Gasteiger partial charge in [0, 0.05) is 55.4 Å². The highest BCUT2D eigenvalue weighted by Crippen LogP contribution is 2.29. The molecule has 160 valence electrons. The average molecular weight is 417 g/mol. The van der Waals surface area contributed by atoms with Crippen molar-refractivity contribution in [3.05, 3.63) is 60.3 Å². The predicted octanol–water partition coefficient (Wildman–Crippen LogP) is 3.96. The summed E-state index contributed by atoms with van der Waals surface area (Å²) in [7, 11) is 0. The van der Waals surface area contributed by atoms with Crippen LogP contribution in [0.15, 0.2) is 54.7 Å². The number of anilines is 1. The third-order valence-corrected chi connectivity index (χ3v) is 5.80. The fraction of sp³-hybridized carbons (Fsp3) is 0.360. The minimum Gasteiger partial charge on any atom is -0.492 e. The molecule has 3 aromatic rings. The van der Waals surface area contributed by atoms with Crippen molar-refractivity contribution in [3.63, 3.8) is 0 Å². The zero-order chi connectivity index (χ0) is 21.6. The number of carbonyl (C=O) groups excluding carboxylic acids is 1. The summed E-state index contributed by atoms with van der Waals surface area (Å²) in [5.41, 5.74) is 2.88. The standard InChI is InChI=1S/C25H28N4O2/c1-2-31-25-11-6-5-10-23(25)28-16-14-27(15-17-28)19-24(30)21-18-29(13-7-12-26)22-9-4-3-8-20(21)22/h3-6,8-11,18H,2,7,13-17,19H2,1H3. The Hall–Kier alpha value is -3.30. The molecular formula is C25H28N4O2. The monoisotopic (exact) mass is 416 g/mol. The third kappa shape index (κ3) is 4.57. The maximum atomic E-state index is 13.2. The Kier molecular flexibility index (Phi) is 6.54. The maximum absolute atomic E-state index is 13.2. The molecule has 0 atom stereocenters. The third-order valence-electron chi connectivity index (χ3n) is 5.80. The highest BCUT2D eigenvalue weighted by atomic mass is 16.5. The van der Waals surface area contributed by atoms with Crippen LogP contribution in [-0.2, 0) is 6.54 Å². The molecule has 2 heterocycles. The molecule has 1 aliphatic rings. The van der Waals surface area contributed by atoms with Gasteiger partial charge in [-0.2, -0.15) is 5.26 Å². The van der Waals surface area contributed by atoms with Gasteiger partial charge < -0.3 is 14.2 Å². The van der Waals surface area contributed by atoms with Gasteiger partial charge in [0.25, 0.3) is 0 Å². The van der Waals surface area contributed by atoms with E-state index in [2.05, 4.69) is 21.9 Å². The van der Waals surface area contributed by atoms with Gasteiger partial charge in [-0.3, -0.25) is 9.69 Å². The lowest BCUT2D eigenvalue weighted by atomic mass is 10.1. The lowest BCUT2D eigenvalue weighted by Crippen LogP contribution is -2.48. The van der Waals surface area contributed by atoms with Crippen LogP contribution in [0.5, 0.6) is 5.75 Å². The van der Waals surface area contributed by atoms with E-state index < -0.39 is 0 Å². The first kappa shape index (κ1) is 21.0. The number of aromatic nitrogens is 1. The first-order valence-electron chi connectivity index (χ1n) is 10.9. The van der Waals surface area contributed by atoms with Crippen LogP contribution in [0, 0.1) is 11.3 Å². The lowest BCUT2D eigenvalue weighted by Gasteiger charge is -2.36. The van der Waals surface area contributed by atoms with Crippen LogP contribution >= 0.6 is 0 Å².